The second-order valence-corrected chi connectivity index (χ2v) is 7.07. The first-order valence-electron chi connectivity index (χ1n) is 6.92. The van der Waals surface area contributed by atoms with Gasteiger partial charge in [0, 0.05) is 27.9 Å². The average Bonchev–Trinajstić information content (AvgIpc) is 2.82. The lowest BCUT2D eigenvalue weighted by Crippen LogP contribution is -2.45. The Hall–Kier alpha value is -1.55. The number of allylic oxidation sites excluding steroid dienone is 4. The third-order valence-electron chi connectivity index (χ3n) is 4.37. The maximum absolute atomic E-state index is 12.5. The number of nitrogens with zero attached hydrogens (tertiary/aromatic N) is 1. The van der Waals surface area contributed by atoms with Crippen molar-refractivity contribution in [3.63, 3.8) is 0 Å². The molecule has 2 aliphatic carbocycles. The Kier molecular flexibility index (Phi) is 3.24. The molecule has 2 atom stereocenters. The molecule has 21 heavy (non-hydrogen) atoms. The number of Topliss-reactive ketones (excluding diaryl/α,β-unsaturated/α-hetero) is 2. The molecule has 4 heteroatoms. The Morgan fingerprint density at radius 1 is 1.24 bits per heavy atom. The fourth-order valence-electron chi connectivity index (χ4n) is 3.12. The summed E-state index contributed by atoms with van der Waals surface area (Å²) in [7, 11) is 0. The van der Waals surface area contributed by atoms with Gasteiger partial charge in [0.05, 0.1) is 5.69 Å². The van der Waals surface area contributed by atoms with Crippen molar-refractivity contribution in [3.05, 3.63) is 52.9 Å². The Bertz CT molecular complexity index is 701. The highest BCUT2D eigenvalue weighted by atomic mass is 79.9. The molecular formula is C17H16BrNO2. The molecule has 0 aromatic carbocycles. The number of carbonyl (C=O) groups is 2. The van der Waals surface area contributed by atoms with E-state index >= 15 is 0 Å². The van der Waals surface area contributed by atoms with E-state index in [0.717, 1.165) is 16.8 Å². The quantitative estimate of drug-likeness (QED) is 0.579. The number of pyridine rings is 1. The molecule has 0 spiro atoms. The first-order chi connectivity index (χ1) is 9.85. The molecule has 3 rings (SSSR count). The van der Waals surface area contributed by atoms with Gasteiger partial charge in [0.15, 0.2) is 0 Å². The van der Waals surface area contributed by atoms with Crippen LogP contribution >= 0.6 is 15.9 Å². The van der Waals surface area contributed by atoms with Gasteiger partial charge in [-0.3, -0.25) is 14.6 Å². The van der Waals surface area contributed by atoms with Gasteiger partial charge in [-0.1, -0.05) is 41.9 Å². The topological polar surface area (TPSA) is 47.0 Å². The van der Waals surface area contributed by atoms with Gasteiger partial charge in [-0.05, 0) is 30.2 Å². The second-order valence-electron chi connectivity index (χ2n) is 6.15. The third-order valence-corrected chi connectivity index (χ3v) is 6.00. The highest BCUT2D eigenvalue weighted by Gasteiger charge is 2.51. The van der Waals surface area contributed by atoms with E-state index in [0.29, 0.717) is 5.57 Å². The van der Waals surface area contributed by atoms with Gasteiger partial charge in [-0.15, -0.1) is 0 Å². The predicted molar refractivity (Wildman–Crippen MR) is 84.3 cm³/mol. The highest BCUT2D eigenvalue weighted by molar-refractivity contribution is 9.09. The fourth-order valence-corrected chi connectivity index (χ4v) is 3.84. The summed E-state index contributed by atoms with van der Waals surface area (Å²) >= 11 is 3.66. The lowest BCUT2D eigenvalue weighted by Gasteiger charge is -2.36. The van der Waals surface area contributed by atoms with Crippen LogP contribution in [0.3, 0.4) is 0 Å². The van der Waals surface area contributed by atoms with E-state index in [9.17, 15) is 9.59 Å². The number of hydrogen-bond donors (Lipinski definition) is 0. The number of aromatic nitrogens is 1. The molecule has 1 aromatic rings. The Labute approximate surface area is 132 Å². The number of carbonyl (C=O) groups excluding carboxylic acids is 2. The van der Waals surface area contributed by atoms with Crippen LogP contribution in [0.15, 0.2) is 47.2 Å². The first kappa shape index (κ1) is 14.4. The SMILES string of the molecule is CC1=CC(c2ccccn2)C2=C1C(=O)C(=O)C(C)(C)C2Br. The number of halogens is 1. The van der Waals surface area contributed by atoms with E-state index in [1.54, 1.807) is 6.20 Å². The van der Waals surface area contributed by atoms with E-state index in [1.165, 1.54) is 0 Å². The van der Waals surface area contributed by atoms with Crippen LogP contribution in [-0.4, -0.2) is 21.4 Å². The molecule has 2 aliphatic rings. The summed E-state index contributed by atoms with van der Waals surface area (Å²) in [6.45, 7) is 5.53. The van der Waals surface area contributed by atoms with Gasteiger partial charge in [0.1, 0.15) is 0 Å². The lowest BCUT2D eigenvalue weighted by atomic mass is 9.70. The Balaban J connectivity index is 2.19. The first-order valence-corrected chi connectivity index (χ1v) is 7.84. The van der Waals surface area contributed by atoms with Gasteiger partial charge in [-0.25, -0.2) is 0 Å². The average molecular weight is 346 g/mol. The van der Waals surface area contributed by atoms with Crippen LogP contribution < -0.4 is 0 Å². The number of alkyl halides is 1. The van der Waals surface area contributed by atoms with Crippen LogP contribution in [0, 0.1) is 5.41 Å². The van der Waals surface area contributed by atoms with Crippen molar-refractivity contribution in [1.82, 2.24) is 4.98 Å². The van der Waals surface area contributed by atoms with E-state index in [4.69, 9.17) is 0 Å². The van der Waals surface area contributed by atoms with Crippen LogP contribution in [0.25, 0.3) is 0 Å². The minimum absolute atomic E-state index is 0.0399. The predicted octanol–water partition coefficient (Wildman–Crippen LogP) is 3.36. The zero-order chi connectivity index (χ0) is 15.4. The Morgan fingerprint density at radius 2 is 1.95 bits per heavy atom. The van der Waals surface area contributed by atoms with Crippen LogP contribution in [0.4, 0.5) is 0 Å². The molecule has 0 saturated carbocycles. The van der Waals surface area contributed by atoms with Crippen molar-refractivity contribution >= 4 is 27.5 Å². The highest BCUT2D eigenvalue weighted by Crippen LogP contribution is 2.50. The van der Waals surface area contributed by atoms with E-state index in [-0.39, 0.29) is 22.3 Å². The minimum Gasteiger partial charge on any atom is -0.290 e. The summed E-state index contributed by atoms with van der Waals surface area (Å²) in [5, 5.41) is 0. The molecule has 0 saturated heterocycles. The molecule has 0 radical (unpaired) electrons. The smallest absolute Gasteiger partial charge is 0.229 e. The Morgan fingerprint density at radius 3 is 2.57 bits per heavy atom. The molecule has 1 aromatic heterocycles. The molecule has 3 nitrogen and oxygen atoms in total. The van der Waals surface area contributed by atoms with Crippen molar-refractivity contribution in [2.24, 2.45) is 5.41 Å². The summed E-state index contributed by atoms with van der Waals surface area (Å²) in [6.07, 6.45) is 3.79. The van der Waals surface area contributed by atoms with Crippen molar-refractivity contribution in [3.8, 4) is 0 Å². The van der Waals surface area contributed by atoms with Crippen LogP contribution in [0.5, 0.6) is 0 Å². The van der Waals surface area contributed by atoms with Crippen LogP contribution in [0.2, 0.25) is 0 Å². The minimum atomic E-state index is -0.735. The summed E-state index contributed by atoms with van der Waals surface area (Å²) in [4.78, 5) is 29.1. The van der Waals surface area contributed by atoms with Gasteiger partial charge < -0.3 is 0 Å². The normalized spacial score (nSPS) is 27.7. The van der Waals surface area contributed by atoms with Crippen molar-refractivity contribution < 1.29 is 9.59 Å². The summed E-state index contributed by atoms with van der Waals surface area (Å²) < 4.78 is 0. The molecule has 0 bridgehead atoms. The van der Waals surface area contributed by atoms with Gasteiger partial charge >= 0.3 is 0 Å². The number of rotatable bonds is 1. The maximum atomic E-state index is 12.5. The van der Waals surface area contributed by atoms with Gasteiger partial charge in [0.2, 0.25) is 11.6 Å². The molecule has 0 fully saturated rings. The second kappa shape index (κ2) is 4.73. The lowest BCUT2D eigenvalue weighted by molar-refractivity contribution is -0.140. The molecular weight excluding hydrogens is 330 g/mol. The molecule has 108 valence electrons. The monoisotopic (exact) mass is 345 g/mol. The summed E-state index contributed by atoms with van der Waals surface area (Å²) in [5.41, 5.74) is 2.60. The fraction of sp³-hybridized carbons (Fsp3) is 0.353. The van der Waals surface area contributed by atoms with Crippen molar-refractivity contribution in [1.29, 1.82) is 0 Å². The standard InChI is InChI=1S/C17H16BrNO2/c1-9-8-10(11-6-4-5-7-19-11)13-12(9)14(20)16(21)17(2,3)15(13)18/h4-8,10,15H,1-3H3. The van der Waals surface area contributed by atoms with Crippen molar-refractivity contribution in [2.75, 3.05) is 0 Å². The van der Waals surface area contributed by atoms with Crippen LogP contribution in [-0.2, 0) is 9.59 Å². The summed E-state index contributed by atoms with van der Waals surface area (Å²) in [5.74, 6) is -0.725. The van der Waals surface area contributed by atoms with Crippen LogP contribution in [0.1, 0.15) is 32.4 Å². The molecule has 0 amide bonds. The molecule has 0 aliphatic heterocycles. The van der Waals surface area contributed by atoms with Crippen molar-refractivity contribution in [2.45, 2.75) is 31.5 Å². The molecule has 1 heterocycles. The van der Waals surface area contributed by atoms with E-state index < -0.39 is 5.41 Å². The summed E-state index contributed by atoms with van der Waals surface area (Å²) in [6, 6.07) is 5.77. The van der Waals surface area contributed by atoms with Gasteiger partial charge in [-0.2, -0.15) is 0 Å². The van der Waals surface area contributed by atoms with Gasteiger partial charge in [0.25, 0.3) is 0 Å². The molecule has 2 unspecified atom stereocenters. The maximum Gasteiger partial charge on any atom is 0.229 e. The third kappa shape index (κ3) is 1.96. The molecule has 0 N–H and O–H groups in total. The zero-order valence-electron chi connectivity index (χ0n) is 12.2. The zero-order valence-corrected chi connectivity index (χ0v) is 13.8. The number of ketones is 2. The largest absolute Gasteiger partial charge is 0.290 e. The number of hydrogen-bond acceptors (Lipinski definition) is 3. The van der Waals surface area contributed by atoms with E-state index in [2.05, 4.69) is 20.9 Å². The van der Waals surface area contributed by atoms with E-state index in [1.807, 2.05) is 45.0 Å².